The first-order valence-corrected chi connectivity index (χ1v) is 9.57. The van der Waals surface area contributed by atoms with Gasteiger partial charge in [0.15, 0.2) is 0 Å². The highest BCUT2D eigenvalue weighted by atomic mass is 32.1. The minimum atomic E-state index is -0.545. The molecule has 0 bridgehead atoms. The van der Waals surface area contributed by atoms with Crippen LogP contribution < -0.4 is 16.8 Å². The molecule has 1 saturated carbocycles. The molecule has 0 radical (unpaired) electrons. The molecule has 2 aromatic carbocycles. The molecule has 0 atom stereocenters. The maximum atomic E-state index is 11.8. The van der Waals surface area contributed by atoms with Crippen molar-refractivity contribution in [2.45, 2.75) is 18.9 Å². The van der Waals surface area contributed by atoms with Crippen LogP contribution in [0.15, 0.2) is 42.5 Å². The third kappa shape index (κ3) is 2.76. The highest BCUT2D eigenvalue weighted by Crippen LogP contribution is 2.40. The van der Waals surface area contributed by atoms with Crippen molar-refractivity contribution in [2.75, 3.05) is 11.1 Å². The third-order valence-corrected chi connectivity index (χ3v) is 5.86. The van der Waals surface area contributed by atoms with Crippen molar-refractivity contribution in [3.8, 4) is 11.3 Å². The number of nitrogens with two attached hydrogens (primary N) is 2. The Bertz CT molecular complexity index is 1210. The molecular formula is C20H17N5OS. The van der Waals surface area contributed by atoms with Crippen LogP contribution in [0.25, 0.3) is 32.2 Å². The molecule has 1 amide bonds. The van der Waals surface area contributed by atoms with Gasteiger partial charge in [0.05, 0.1) is 16.8 Å². The monoisotopic (exact) mass is 375 g/mol. The number of anilines is 2. The Balaban J connectivity index is 1.77. The average Bonchev–Trinajstić information content (AvgIpc) is 3.42. The first-order chi connectivity index (χ1) is 13.1. The number of carbonyl (C=O) groups is 1. The van der Waals surface area contributed by atoms with Crippen molar-refractivity contribution in [1.29, 1.82) is 0 Å². The first-order valence-electron chi connectivity index (χ1n) is 8.75. The molecule has 134 valence electrons. The van der Waals surface area contributed by atoms with E-state index in [4.69, 9.17) is 16.5 Å². The number of benzene rings is 2. The Morgan fingerprint density at radius 3 is 2.63 bits per heavy atom. The highest BCUT2D eigenvalue weighted by molar-refractivity contribution is 7.21. The molecule has 1 aliphatic rings. The van der Waals surface area contributed by atoms with Crippen LogP contribution in [0, 0.1) is 0 Å². The fourth-order valence-electron chi connectivity index (χ4n) is 3.23. The van der Waals surface area contributed by atoms with Gasteiger partial charge in [0.1, 0.15) is 9.71 Å². The zero-order valence-corrected chi connectivity index (χ0v) is 15.2. The van der Waals surface area contributed by atoms with Crippen LogP contribution in [-0.2, 0) is 0 Å². The van der Waals surface area contributed by atoms with Crippen LogP contribution in [0.4, 0.5) is 11.6 Å². The number of thiophene rings is 1. The third-order valence-electron chi connectivity index (χ3n) is 4.75. The largest absolute Gasteiger partial charge is 0.397 e. The number of primary amides is 1. The number of hydrogen-bond donors (Lipinski definition) is 3. The fourth-order valence-corrected chi connectivity index (χ4v) is 4.17. The molecule has 0 aliphatic heterocycles. The lowest BCUT2D eigenvalue weighted by atomic mass is 10.0. The van der Waals surface area contributed by atoms with E-state index in [2.05, 4.69) is 34.6 Å². The van der Waals surface area contributed by atoms with Crippen LogP contribution in [0.5, 0.6) is 0 Å². The van der Waals surface area contributed by atoms with Crippen molar-refractivity contribution in [2.24, 2.45) is 5.73 Å². The Labute approximate surface area is 159 Å². The molecule has 7 heteroatoms. The number of carbonyl (C=O) groups excluding carboxylic acids is 1. The standard InChI is InChI=1S/C20H17N5OS/c21-15-14-16(12-6-5-10-3-1-2-4-11(10)9-12)24-20(23-13-7-8-13)25-19(14)27-17(15)18(22)26/h1-6,9,13H,7-8,21H2,(H2,22,26)(H,23,24,25). The summed E-state index contributed by atoms with van der Waals surface area (Å²) in [6.07, 6.45) is 2.23. The maximum absolute atomic E-state index is 11.8. The summed E-state index contributed by atoms with van der Waals surface area (Å²) in [5.41, 5.74) is 13.8. The van der Waals surface area contributed by atoms with E-state index < -0.39 is 5.91 Å². The van der Waals surface area contributed by atoms with Crippen molar-refractivity contribution >= 4 is 49.9 Å². The molecule has 4 aromatic rings. The molecule has 0 spiro atoms. The minimum Gasteiger partial charge on any atom is -0.397 e. The number of aromatic nitrogens is 2. The van der Waals surface area contributed by atoms with Crippen LogP contribution in [-0.4, -0.2) is 21.9 Å². The number of hydrogen-bond acceptors (Lipinski definition) is 6. The summed E-state index contributed by atoms with van der Waals surface area (Å²) in [6, 6.07) is 14.7. The number of nitrogen functional groups attached to an aromatic ring is 1. The predicted molar refractivity (Wildman–Crippen MR) is 110 cm³/mol. The molecule has 2 heterocycles. The first kappa shape index (κ1) is 16.0. The molecule has 5 N–H and O–H groups in total. The second-order valence-electron chi connectivity index (χ2n) is 6.77. The molecule has 2 aromatic heterocycles. The van der Waals surface area contributed by atoms with Gasteiger partial charge in [0.2, 0.25) is 5.95 Å². The number of nitrogens with zero attached hydrogens (tertiary/aromatic N) is 2. The van der Waals surface area contributed by atoms with Gasteiger partial charge in [0, 0.05) is 11.6 Å². The Hall–Kier alpha value is -3.19. The molecular weight excluding hydrogens is 358 g/mol. The van der Waals surface area contributed by atoms with Crippen LogP contribution in [0.2, 0.25) is 0 Å². The summed E-state index contributed by atoms with van der Waals surface area (Å²) >= 11 is 1.22. The Morgan fingerprint density at radius 2 is 1.89 bits per heavy atom. The molecule has 5 rings (SSSR count). The van der Waals surface area contributed by atoms with Gasteiger partial charge >= 0.3 is 0 Å². The molecule has 1 aliphatic carbocycles. The van der Waals surface area contributed by atoms with E-state index in [1.54, 1.807) is 0 Å². The molecule has 1 fully saturated rings. The van der Waals surface area contributed by atoms with Gasteiger partial charge in [-0.25, -0.2) is 9.97 Å². The van der Waals surface area contributed by atoms with Crippen LogP contribution >= 0.6 is 11.3 Å². The van der Waals surface area contributed by atoms with E-state index in [0.29, 0.717) is 32.8 Å². The van der Waals surface area contributed by atoms with E-state index in [1.165, 1.54) is 11.3 Å². The van der Waals surface area contributed by atoms with Crippen LogP contribution in [0.1, 0.15) is 22.5 Å². The lowest BCUT2D eigenvalue weighted by molar-refractivity contribution is 0.100. The van der Waals surface area contributed by atoms with E-state index in [9.17, 15) is 4.79 Å². The van der Waals surface area contributed by atoms with Gasteiger partial charge in [-0.3, -0.25) is 4.79 Å². The second kappa shape index (κ2) is 5.92. The van der Waals surface area contributed by atoms with E-state index in [0.717, 1.165) is 34.9 Å². The van der Waals surface area contributed by atoms with Gasteiger partial charge in [-0.2, -0.15) is 0 Å². The smallest absolute Gasteiger partial charge is 0.260 e. The highest BCUT2D eigenvalue weighted by Gasteiger charge is 2.25. The molecule has 27 heavy (non-hydrogen) atoms. The fraction of sp³-hybridized carbons (Fsp3) is 0.150. The quantitative estimate of drug-likeness (QED) is 0.503. The maximum Gasteiger partial charge on any atom is 0.260 e. The van der Waals surface area contributed by atoms with Crippen molar-refractivity contribution in [3.05, 3.63) is 47.3 Å². The van der Waals surface area contributed by atoms with Gasteiger partial charge in [0.25, 0.3) is 5.91 Å². The predicted octanol–water partition coefficient (Wildman–Crippen LogP) is 3.77. The lowest BCUT2D eigenvalue weighted by Crippen LogP contribution is -2.10. The normalized spacial score (nSPS) is 13.9. The van der Waals surface area contributed by atoms with Crippen molar-refractivity contribution in [3.63, 3.8) is 0 Å². The van der Waals surface area contributed by atoms with E-state index >= 15 is 0 Å². The van der Waals surface area contributed by atoms with E-state index in [1.807, 2.05) is 18.2 Å². The number of amides is 1. The number of rotatable bonds is 4. The van der Waals surface area contributed by atoms with Gasteiger partial charge in [-0.1, -0.05) is 36.4 Å². The van der Waals surface area contributed by atoms with Crippen molar-refractivity contribution in [1.82, 2.24) is 9.97 Å². The second-order valence-corrected chi connectivity index (χ2v) is 7.76. The number of fused-ring (bicyclic) bond motifs is 2. The Morgan fingerprint density at radius 1 is 1.11 bits per heavy atom. The van der Waals surface area contributed by atoms with Gasteiger partial charge in [-0.15, -0.1) is 11.3 Å². The minimum absolute atomic E-state index is 0.324. The van der Waals surface area contributed by atoms with Crippen molar-refractivity contribution < 1.29 is 4.79 Å². The SMILES string of the molecule is NC(=O)c1sc2nc(NC3CC3)nc(-c3ccc4ccccc4c3)c2c1N. The van der Waals surface area contributed by atoms with Crippen LogP contribution in [0.3, 0.4) is 0 Å². The zero-order chi connectivity index (χ0) is 18.5. The lowest BCUT2D eigenvalue weighted by Gasteiger charge is -2.09. The summed E-state index contributed by atoms with van der Waals surface area (Å²) in [6.45, 7) is 0. The molecule has 6 nitrogen and oxygen atoms in total. The summed E-state index contributed by atoms with van der Waals surface area (Å²) in [7, 11) is 0. The number of nitrogens with one attached hydrogen (secondary N) is 1. The van der Waals surface area contributed by atoms with Gasteiger partial charge in [-0.05, 0) is 29.7 Å². The van der Waals surface area contributed by atoms with Gasteiger partial charge < -0.3 is 16.8 Å². The summed E-state index contributed by atoms with van der Waals surface area (Å²) in [5.74, 6) is 0.0158. The zero-order valence-electron chi connectivity index (χ0n) is 14.4. The topological polar surface area (TPSA) is 107 Å². The molecule has 0 unspecified atom stereocenters. The van der Waals surface area contributed by atoms with E-state index in [-0.39, 0.29) is 0 Å². The Kier molecular flexibility index (Phi) is 3.51. The summed E-state index contributed by atoms with van der Waals surface area (Å²) in [5, 5.41) is 6.29. The summed E-state index contributed by atoms with van der Waals surface area (Å²) in [4.78, 5) is 22.1. The average molecular weight is 375 g/mol. The molecule has 0 saturated heterocycles. The summed E-state index contributed by atoms with van der Waals surface area (Å²) < 4.78 is 0.